The Kier molecular flexibility index (Phi) is 4.53. The summed E-state index contributed by atoms with van der Waals surface area (Å²) in [7, 11) is 0. The SMILES string of the molecule is O=c1[nH]c(Cc2ccccc2Oc2ccccc2)nc2c(-c3cccnc3)n[nH]c12. The van der Waals surface area contributed by atoms with Crippen LogP contribution in [0.5, 0.6) is 11.5 Å². The number of hydrogen-bond acceptors (Lipinski definition) is 5. The van der Waals surface area contributed by atoms with Gasteiger partial charge < -0.3 is 9.72 Å². The Morgan fingerprint density at radius 3 is 2.60 bits per heavy atom. The predicted molar refractivity (Wildman–Crippen MR) is 114 cm³/mol. The average molecular weight is 395 g/mol. The summed E-state index contributed by atoms with van der Waals surface area (Å²) in [6.45, 7) is 0. The van der Waals surface area contributed by atoms with Crippen LogP contribution in [0.2, 0.25) is 0 Å². The molecule has 0 spiro atoms. The summed E-state index contributed by atoms with van der Waals surface area (Å²) in [5, 5.41) is 7.06. The number of aromatic nitrogens is 5. The molecule has 3 heterocycles. The van der Waals surface area contributed by atoms with Gasteiger partial charge in [-0.25, -0.2) is 4.98 Å². The van der Waals surface area contributed by atoms with Gasteiger partial charge in [-0.2, -0.15) is 5.10 Å². The first kappa shape index (κ1) is 17.8. The Morgan fingerprint density at radius 2 is 1.77 bits per heavy atom. The zero-order chi connectivity index (χ0) is 20.3. The van der Waals surface area contributed by atoms with Gasteiger partial charge in [-0.3, -0.25) is 14.9 Å². The van der Waals surface area contributed by atoms with Crippen LogP contribution in [0.15, 0.2) is 83.9 Å². The van der Waals surface area contributed by atoms with Crippen LogP contribution in [0.4, 0.5) is 0 Å². The van der Waals surface area contributed by atoms with Gasteiger partial charge in [-0.1, -0.05) is 36.4 Å². The lowest BCUT2D eigenvalue weighted by molar-refractivity contribution is 0.477. The number of ether oxygens (including phenoxy) is 1. The monoisotopic (exact) mass is 395 g/mol. The number of nitrogens with one attached hydrogen (secondary N) is 2. The molecule has 0 fully saturated rings. The lowest BCUT2D eigenvalue weighted by Crippen LogP contribution is -2.12. The Labute approximate surface area is 171 Å². The lowest BCUT2D eigenvalue weighted by atomic mass is 10.1. The van der Waals surface area contributed by atoms with Crippen LogP contribution < -0.4 is 10.3 Å². The summed E-state index contributed by atoms with van der Waals surface area (Å²) in [5.74, 6) is 1.99. The van der Waals surface area contributed by atoms with E-state index in [0.29, 0.717) is 34.7 Å². The van der Waals surface area contributed by atoms with E-state index in [-0.39, 0.29) is 5.56 Å². The number of H-pyrrole nitrogens is 2. The molecule has 2 N–H and O–H groups in total. The molecule has 0 aliphatic carbocycles. The maximum atomic E-state index is 12.6. The minimum Gasteiger partial charge on any atom is -0.457 e. The average Bonchev–Trinajstić information content (AvgIpc) is 3.21. The highest BCUT2D eigenvalue weighted by molar-refractivity contribution is 5.88. The first-order valence-corrected chi connectivity index (χ1v) is 9.46. The molecule has 0 bridgehead atoms. The Morgan fingerprint density at radius 1 is 0.933 bits per heavy atom. The van der Waals surface area contributed by atoms with E-state index in [1.54, 1.807) is 12.4 Å². The van der Waals surface area contributed by atoms with Crippen molar-refractivity contribution in [3.8, 4) is 22.8 Å². The zero-order valence-electron chi connectivity index (χ0n) is 15.9. The molecule has 0 radical (unpaired) electrons. The first-order chi connectivity index (χ1) is 14.8. The fourth-order valence-corrected chi connectivity index (χ4v) is 3.29. The van der Waals surface area contributed by atoms with E-state index in [1.807, 2.05) is 66.7 Å². The number of pyridine rings is 1. The molecule has 30 heavy (non-hydrogen) atoms. The van der Waals surface area contributed by atoms with Gasteiger partial charge in [0.1, 0.15) is 34.1 Å². The molecule has 7 nitrogen and oxygen atoms in total. The van der Waals surface area contributed by atoms with Gasteiger partial charge in [0.25, 0.3) is 5.56 Å². The lowest BCUT2D eigenvalue weighted by Gasteiger charge is -2.11. The predicted octanol–water partition coefficient (Wildman–Crippen LogP) is 4.09. The van der Waals surface area contributed by atoms with Crippen molar-refractivity contribution in [1.29, 1.82) is 0 Å². The number of hydrogen-bond donors (Lipinski definition) is 2. The second-order valence-electron chi connectivity index (χ2n) is 6.75. The van der Waals surface area contributed by atoms with Crippen molar-refractivity contribution in [2.45, 2.75) is 6.42 Å². The fraction of sp³-hybridized carbons (Fsp3) is 0.0435. The molecule has 0 aliphatic rings. The topological polar surface area (TPSA) is 96.6 Å². The molecule has 0 saturated carbocycles. The highest BCUT2D eigenvalue weighted by atomic mass is 16.5. The number of aromatic amines is 2. The molecule has 0 saturated heterocycles. The maximum absolute atomic E-state index is 12.6. The third kappa shape index (κ3) is 3.44. The highest BCUT2D eigenvalue weighted by Crippen LogP contribution is 2.27. The van der Waals surface area contributed by atoms with Crippen LogP contribution in [-0.2, 0) is 6.42 Å². The number of rotatable bonds is 5. The summed E-state index contributed by atoms with van der Waals surface area (Å²) in [6.07, 6.45) is 3.79. The molecule has 0 atom stereocenters. The maximum Gasteiger partial charge on any atom is 0.276 e. The van der Waals surface area contributed by atoms with Crippen LogP contribution >= 0.6 is 0 Å². The van der Waals surface area contributed by atoms with Gasteiger partial charge in [0.2, 0.25) is 0 Å². The van der Waals surface area contributed by atoms with Crippen molar-refractivity contribution in [1.82, 2.24) is 25.1 Å². The quantitative estimate of drug-likeness (QED) is 0.467. The van der Waals surface area contributed by atoms with Crippen LogP contribution in [0.3, 0.4) is 0 Å². The largest absolute Gasteiger partial charge is 0.457 e. The minimum atomic E-state index is -0.265. The second kappa shape index (κ2) is 7.63. The van der Waals surface area contributed by atoms with Crippen molar-refractivity contribution in [2.75, 3.05) is 0 Å². The van der Waals surface area contributed by atoms with E-state index in [1.165, 1.54) is 0 Å². The van der Waals surface area contributed by atoms with Gasteiger partial charge in [0.15, 0.2) is 0 Å². The van der Waals surface area contributed by atoms with E-state index in [0.717, 1.165) is 16.9 Å². The Balaban J connectivity index is 1.53. The molecule has 0 amide bonds. The normalized spacial score (nSPS) is 10.9. The van der Waals surface area contributed by atoms with Crippen LogP contribution in [0.25, 0.3) is 22.3 Å². The van der Waals surface area contributed by atoms with Crippen molar-refractivity contribution >= 4 is 11.0 Å². The van der Waals surface area contributed by atoms with Gasteiger partial charge >= 0.3 is 0 Å². The number of nitrogens with zero attached hydrogens (tertiary/aromatic N) is 3. The van der Waals surface area contributed by atoms with E-state index in [2.05, 4.69) is 25.1 Å². The van der Waals surface area contributed by atoms with E-state index in [4.69, 9.17) is 4.74 Å². The van der Waals surface area contributed by atoms with Gasteiger partial charge in [-0.15, -0.1) is 0 Å². The standard InChI is InChI=1S/C23H17N5O2/c29-23-22-21(20(27-28-22)16-8-6-12-24-14-16)25-19(26-23)13-15-7-4-5-11-18(15)30-17-9-2-1-3-10-17/h1-12,14H,13H2,(H,27,28)(H,25,26,29). The summed E-state index contributed by atoms with van der Waals surface area (Å²) in [6, 6.07) is 21.0. The van der Waals surface area contributed by atoms with Crippen molar-refractivity contribution in [3.05, 3.63) is 101 Å². The van der Waals surface area contributed by atoms with Crippen molar-refractivity contribution < 1.29 is 4.74 Å². The molecule has 3 aromatic heterocycles. The van der Waals surface area contributed by atoms with Gasteiger partial charge in [-0.05, 0) is 30.3 Å². The van der Waals surface area contributed by atoms with E-state index >= 15 is 0 Å². The fourth-order valence-electron chi connectivity index (χ4n) is 3.29. The van der Waals surface area contributed by atoms with E-state index < -0.39 is 0 Å². The molecular weight excluding hydrogens is 378 g/mol. The molecule has 0 unspecified atom stereocenters. The number of para-hydroxylation sites is 2. The summed E-state index contributed by atoms with van der Waals surface area (Å²) in [4.78, 5) is 24.3. The second-order valence-corrected chi connectivity index (χ2v) is 6.75. The van der Waals surface area contributed by atoms with Crippen LogP contribution in [0.1, 0.15) is 11.4 Å². The molecule has 146 valence electrons. The smallest absolute Gasteiger partial charge is 0.276 e. The van der Waals surface area contributed by atoms with Crippen molar-refractivity contribution in [3.63, 3.8) is 0 Å². The van der Waals surface area contributed by atoms with Crippen LogP contribution in [-0.4, -0.2) is 25.1 Å². The number of fused-ring (bicyclic) bond motifs is 1. The Hall–Kier alpha value is -4.26. The van der Waals surface area contributed by atoms with Crippen molar-refractivity contribution in [2.24, 2.45) is 0 Å². The molecule has 7 heteroatoms. The zero-order valence-corrected chi connectivity index (χ0v) is 15.9. The first-order valence-electron chi connectivity index (χ1n) is 9.46. The summed E-state index contributed by atoms with van der Waals surface area (Å²) < 4.78 is 6.03. The third-order valence-corrected chi connectivity index (χ3v) is 4.71. The van der Waals surface area contributed by atoms with Gasteiger partial charge in [0, 0.05) is 29.9 Å². The summed E-state index contributed by atoms with van der Waals surface area (Å²) >= 11 is 0. The number of benzene rings is 2. The third-order valence-electron chi connectivity index (χ3n) is 4.71. The molecule has 5 rings (SSSR count). The molecular formula is C23H17N5O2. The van der Waals surface area contributed by atoms with Gasteiger partial charge in [0.05, 0.1) is 0 Å². The highest BCUT2D eigenvalue weighted by Gasteiger charge is 2.15. The minimum absolute atomic E-state index is 0.265. The summed E-state index contributed by atoms with van der Waals surface area (Å²) in [5.41, 5.74) is 2.89. The van der Waals surface area contributed by atoms with Crippen LogP contribution in [0, 0.1) is 0 Å². The van der Waals surface area contributed by atoms with E-state index in [9.17, 15) is 4.79 Å². The molecule has 2 aromatic carbocycles. The Bertz CT molecular complexity index is 1360. The molecule has 5 aromatic rings. The molecule has 0 aliphatic heterocycles.